The number of unbranched alkanes of at least 4 members (excludes halogenated alkanes) is 4. The van der Waals surface area contributed by atoms with Crippen molar-refractivity contribution >= 4 is 45.4 Å². The lowest BCUT2D eigenvalue weighted by molar-refractivity contribution is -0.118. The third-order valence-electron chi connectivity index (χ3n) is 4.42. The van der Waals surface area contributed by atoms with Crippen molar-refractivity contribution in [3.8, 4) is 5.75 Å². The van der Waals surface area contributed by atoms with Gasteiger partial charge >= 0.3 is 0 Å². The van der Waals surface area contributed by atoms with Gasteiger partial charge in [-0.15, -0.1) is 11.3 Å². The maximum absolute atomic E-state index is 12.1. The zero-order valence-corrected chi connectivity index (χ0v) is 18.8. The first kappa shape index (κ1) is 22.3. The average Bonchev–Trinajstić information content (AvgIpc) is 3.19. The quantitative estimate of drug-likeness (QED) is 0.165. The Morgan fingerprint density at radius 3 is 2.80 bits per heavy atom. The van der Waals surface area contributed by atoms with Crippen molar-refractivity contribution in [2.75, 3.05) is 12.4 Å². The van der Waals surface area contributed by atoms with Crippen LogP contribution in [0.3, 0.4) is 0 Å². The first-order valence-corrected chi connectivity index (χ1v) is 12.1. The standard InChI is InChI=1S/C23H27N3O2S2/c1-2-3-4-5-10-15-28-20-13-8-6-11-18(20)16-24-26-22(27)17-29-23-25-19-12-7-9-14-21(19)30-23/h6-9,11-14,16H,2-5,10,15,17H2,1H3,(H,26,27)/b24-16+. The molecular weight excluding hydrogens is 414 g/mol. The molecule has 5 nitrogen and oxygen atoms in total. The number of hydrogen-bond donors (Lipinski definition) is 1. The third kappa shape index (κ3) is 7.15. The van der Waals surface area contributed by atoms with Gasteiger partial charge in [-0.25, -0.2) is 10.4 Å². The Bertz CT molecular complexity index is 939. The molecule has 158 valence electrons. The summed E-state index contributed by atoms with van der Waals surface area (Å²) in [5, 5.41) is 4.09. The van der Waals surface area contributed by atoms with Crippen LogP contribution in [0.25, 0.3) is 10.2 Å². The molecule has 1 aromatic heterocycles. The van der Waals surface area contributed by atoms with Crippen LogP contribution in [0.5, 0.6) is 5.75 Å². The molecule has 0 bridgehead atoms. The molecule has 1 amide bonds. The Morgan fingerprint density at radius 2 is 1.93 bits per heavy atom. The molecule has 0 spiro atoms. The molecule has 0 saturated heterocycles. The number of rotatable bonds is 12. The van der Waals surface area contributed by atoms with E-state index in [9.17, 15) is 4.79 Å². The Morgan fingerprint density at radius 1 is 1.13 bits per heavy atom. The molecule has 0 aliphatic heterocycles. The lowest BCUT2D eigenvalue weighted by Gasteiger charge is -2.08. The minimum Gasteiger partial charge on any atom is -0.493 e. The predicted molar refractivity (Wildman–Crippen MR) is 127 cm³/mol. The number of carbonyl (C=O) groups is 1. The van der Waals surface area contributed by atoms with Crippen LogP contribution in [0.2, 0.25) is 0 Å². The summed E-state index contributed by atoms with van der Waals surface area (Å²) in [7, 11) is 0. The normalized spacial score (nSPS) is 11.2. The predicted octanol–water partition coefficient (Wildman–Crippen LogP) is 5.89. The maximum Gasteiger partial charge on any atom is 0.250 e. The monoisotopic (exact) mass is 441 g/mol. The van der Waals surface area contributed by atoms with Crippen molar-refractivity contribution in [1.82, 2.24) is 10.4 Å². The van der Waals surface area contributed by atoms with Gasteiger partial charge in [-0.3, -0.25) is 4.79 Å². The molecule has 0 unspecified atom stereocenters. The van der Waals surface area contributed by atoms with Gasteiger partial charge in [0, 0.05) is 5.56 Å². The van der Waals surface area contributed by atoms with E-state index < -0.39 is 0 Å². The molecular formula is C23H27N3O2S2. The molecule has 0 saturated carbocycles. The summed E-state index contributed by atoms with van der Waals surface area (Å²) in [6, 6.07) is 15.7. The van der Waals surface area contributed by atoms with E-state index in [0.29, 0.717) is 6.61 Å². The Kier molecular flexibility index (Phi) is 9.18. The van der Waals surface area contributed by atoms with E-state index in [1.54, 1.807) is 17.6 Å². The highest BCUT2D eigenvalue weighted by Crippen LogP contribution is 2.29. The van der Waals surface area contributed by atoms with Gasteiger partial charge in [0.15, 0.2) is 4.34 Å². The van der Waals surface area contributed by atoms with Crippen LogP contribution in [-0.4, -0.2) is 29.5 Å². The van der Waals surface area contributed by atoms with Gasteiger partial charge in [0.2, 0.25) is 0 Å². The number of nitrogens with zero attached hydrogens (tertiary/aromatic N) is 2. The van der Waals surface area contributed by atoms with Crippen LogP contribution in [0, 0.1) is 0 Å². The van der Waals surface area contributed by atoms with E-state index >= 15 is 0 Å². The van der Waals surface area contributed by atoms with Crippen LogP contribution in [0.15, 0.2) is 58.0 Å². The van der Waals surface area contributed by atoms with E-state index in [1.807, 2.05) is 48.5 Å². The topological polar surface area (TPSA) is 63.6 Å². The number of thioether (sulfide) groups is 1. The average molecular weight is 442 g/mol. The first-order valence-electron chi connectivity index (χ1n) is 10.3. The lowest BCUT2D eigenvalue weighted by atomic mass is 10.2. The molecule has 0 aliphatic rings. The van der Waals surface area contributed by atoms with Crippen LogP contribution in [-0.2, 0) is 4.79 Å². The van der Waals surface area contributed by atoms with Crippen LogP contribution >= 0.6 is 23.1 Å². The summed E-state index contributed by atoms with van der Waals surface area (Å²) in [6.07, 6.45) is 7.64. The highest BCUT2D eigenvalue weighted by molar-refractivity contribution is 8.01. The summed E-state index contributed by atoms with van der Waals surface area (Å²) in [4.78, 5) is 16.6. The van der Waals surface area contributed by atoms with Gasteiger partial charge in [0.1, 0.15) is 5.75 Å². The molecule has 3 aromatic rings. The molecule has 1 heterocycles. The van der Waals surface area contributed by atoms with E-state index in [2.05, 4.69) is 22.4 Å². The SMILES string of the molecule is CCCCCCCOc1ccccc1/C=N/NC(=O)CSc1nc2ccccc2s1. The second-order valence-corrected chi connectivity index (χ2v) is 9.08. The molecule has 0 aliphatic carbocycles. The first-order chi connectivity index (χ1) is 14.8. The minimum absolute atomic E-state index is 0.162. The van der Waals surface area contributed by atoms with Crippen LogP contribution in [0.4, 0.5) is 0 Å². The number of carbonyl (C=O) groups excluding carboxylic acids is 1. The molecule has 2 aromatic carbocycles. The molecule has 0 atom stereocenters. The second kappa shape index (κ2) is 12.3. The molecule has 1 N–H and O–H groups in total. The molecule has 3 rings (SSSR count). The van der Waals surface area contributed by atoms with Crippen molar-refractivity contribution in [3.63, 3.8) is 0 Å². The number of aromatic nitrogens is 1. The third-order valence-corrected chi connectivity index (χ3v) is 6.60. The van der Waals surface area contributed by atoms with Gasteiger partial charge in [-0.1, -0.05) is 68.6 Å². The highest BCUT2D eigenvalue weighted by atomic mass is 32.2. The largest absolute Gasteiger partial charge is 0.493 e. The fraction of sp³-hybridized carbons (Fsp3) is 0.348. The Hall–Kier alpha value is -2.38. The van der Waals surface area contributed by atoms with Gasteiger partial charge < -0.3 is 4.74 Å². The summed E-state index contributed by atoms with van der Waals surface area (Å²) < 4.78 is 7.90. The number of thiazole rings is 1. The number of nitrogens with one attached hydrogen (secondary N) is 1. The highest BCUT2D eigenvalue weighted by Gasteiger charge is 2.07. The maximum atomic E-state index is 12.1. The van der Waals surface area contributed by atoms with Crippen molar-refractivity contribution < 1.29 is 9.53 Å². The summed E-state index contributed by atoms with van der Waals surface area (Å²) >= 11 is 3.01. The number of amides is 1. The van der Waals surface area contributed by atoms with E-state index in [1.165, 1.54) is 37.4 Å². The van der Waals surface area contributed by atoms with E-state index in [-0.39, 0.29) is 11.7 Å². The zero-order chi connectivity index (χ0) is 21.0. The Balaban J connectivity index is 1.43. The van der Waals surface area contributed by atoms with E-state index in [4.69, 9.17) is 4.74 Å². The molecule has 30 heavy (non-hydrogen) atoms. The smallest absolute Gasteiger partial charge is 0.250 e. The summed E-state index contributed by atoms with van der Waals surface area (Å²) in [5.41, 5.74) is 4.40. The van der Waals surface area contributed by atoms with Crippen LogP contribution < -0.4 is 10.2 Å². The number of benzene rings is 2. The molecule has 0 fully saturated rings. The summed E-state index contributed by atoms with van der Waals surface area (Å²) in [5.74, 6) is 0.896. The van der Waals surface area contributed by atoms with Crippen molar-refractivity contribution in [2.45, 2.75) is 43.4 Å². The number of fused-ring (bicyclic) bond motifs is 1. The van der Waals surface area contributed by atoms with E-state index in [0.717, 1.165) is 32.3 Å². The van der Waals surface area contributed by atoms with Crippen molar-refractivity contribution in [3.05, 3.63) is 54.1 Å². The van der Waals surface area contributed by atoms with Gasteiger partial charge in [-0.05, 0) is 30.7 Å². The summed E-state index contributed by atoms with van der Waals surface area (Å²) in [6.45, 7) is 2.91. The van der Waals surface area contributed by atoms with Gasteiger partial charge in [0.25, 0.3) is 5.91 Å². The zero-order valence-electron chi connectivity index (χ0n) is 17.2. The van der Waals surface area contributed by atoms with Gasteiger partial charge in [-0.2, -0.15) is 5.10 Å². The van der Waals surface area contributed by atoms with Crippen molar-refractivity contribution in [2.24, 2.45) is 5.10 Å². The second-order valence-electron chi connectivity index (χ2n) is 6.83. The fourth-order valence-electron chi connectivity index (χ4n) is 2.85. The van der Waals surface area contributed by atoms with Crippen LogP contribution in [0.1, 0.15) is 44.6 Å². The molecule has 7 heteroatoms. The molecule has 0 radical (unpaired) electrons. The number of hydrazone groups is 1. The van der Waals surface area contributed by atoms with Gasteiger partial charge in [0.05, 0.1) is 28.8 Å². The fourth-order valence-corrected chi connectivity index (χ4v) is 4.71. The lowest BCUT2D eigenvalue weighted by Crippen LogP contribution is -2.19. The number of ether oxygens (including phenoxy) is 1. The number of para-hydroxylation sites is 2. The Labute approximate surface area is 185 Å². The van der Waals surface area contributed by atoms with Crippen molar-refractivity contribution in [1.29, 1.82) is 0 Å². The number of hydrogen-bond acceptors (Lipinski definition) is 6. The minimum atomic E-state index is -0.162.